The molecule has 41 heavy (non-hydrogen) atoms. The van der Waals surface area contributed by atoms with Crippen LogP contribution in [0, 0.1) is 0 Å². The zero-order valence-corrected chi connectivity index (χ0v) is 23.3. The quantitative estimate of drug-likeness (QED) is 0.246. The van der Waals surface area contributed by atoms with Gasteiger partial charge in [0.15, 0.2) is 5.58 Å². The van der Waals surface area contributed by atoms with Crippen molar-refractivity contribution >= 4 is 17.1 Å². The van der Waals surface area contributed by atoms with Crippen molar-refractivity contribution in [2.24, 2.45) is 0 Å². The minimum absolute atomic E-state index is 0.143. The van der Waals surface area contributed by atoms with Gasteiger partial charge in [0.2, 0.25) is 5.43 Å². The highest BCUT2D eigenvalue weighted by atomic mass is 16.6. The summed E-state index contributed by atoms with van der Waals surface area (Å²) in [4.78, 5) is 35.5. The van der Waals surface area contributed by atoms with Crippen molar-refractivity contribution in [2.75, 3.05) is 0 Å². The first-order valence-corrected chi connectivity index (χ1v) is 13.8. The Bertz CT molecular complexity index is 1770. The van der Waals surface area contributed by atoms with Crippen LogP contribution in [0.5, 0.6) is 0 Å². The molecule has 0 radical (unpaired) electrons. The summed E-state index contributed by atoms with van der Waals surface area (Å²) >= 11 is 0. The summed E-state index contributed by atoms with van der Waals surface area (Å²) < 4.78 is 12.1. The Hall–Kier alpha value is -4.78. The largest absolute Gasteiger partial charge is 0.453 e. The van der Waals surface area contributed by atoms with Gasteiger partial charge < -0.3 is 14.5 Å². The molecule has 0 bridgehead atoms. The Labute approximate surface area is 238 Å². The Kier molecular flexibility index (Phi) is 6.66. The highest BCUT2D eigenvalue weighted by Crippen LogP contribution is 2.43. The van der Waals surface area contributed by atoms with E-state index < -0.39 is 17.2 Å². The Morgan fingerprint density at radius 3 is 2.27 bits per heavy atom. The molecular weight excluding hydrogens is 514 g/mol. The van der Waals surface area contributed by atoms with Crippen molar-refractivity contribution in [3.05, 3.63) is 107 Å². The van der Waals surface area contributed by atoms with Crippen LogP contribution in [0.3, 0.4) is 0 Å². The molecule has 3 heterocycles. The minimum atomic E-state index is -0.580. The summed E-state index contributed by atoms with van der Waals surface area (Å²) in [5, 5.41) is 3.55. The summed E-state index contributed by atoms with van der Waals surface area (Å²) in [6.07, 6.45) is 7.25. The molecule has 6 rings (SSSR count). The third kappa shape index (κ3) is 5.11. The standard InChI is InChI=1S/C34H31N3O4/c1-33(2,3)41-32(39)37-34(17-8-18-34)25-14-12-22(13-15-25)27-29(38)26-16-20-36-28(24-11-7-19-35-21-24)31(26)40-30(27)23-9-5-4-6-10-23/h4-7,9-16,19-21H,8,17-18H2,1-3H3,(H,37,39). The lowest BCUT2D eigenvalue weighted by molar-refractivity contribution is 0.0377. The number of amides is 1. The molecule has 1 aliphatic rings. The van der Waals surface area contributed by atoms with Gasteiger partial charge in [0.25, 0.3) is 0 Å². The lowest BCUT2D eigenvalue weighted by Gasteiger charge is -2.43. The Morgan fingerprint density at radius 1 is 0.902 bits per heavy atom. The SMILES string of the molecule is CC(C)(C)OC(=O)NC1(c2ccc(-c3c(-c4ccccc4)oc4c(-c5cccnc5)nccc4c3=O)cc2)CCC1. The Balaban J connectivity index is 1.46. The molecule has 206 valence electrons. The lowest BCUT2D eigenvalue weighted by atomic mass is 9.71. The molecule has 1 saturated carbocycles. The summed E-state index contributed by atoms with van der Waals surface area (Å²) in [5.41, 5.74) is 3.51. The van der Waals surface area contributed by atoms with Gasteiger partial charge in [-0.3, -0.25) is 14.8 Å². The average molecular weight is 546 g/mol. The number of benzene rings is 2. The van der Waals surface area contributed by atoms with E-state index in [1.807, 2.05) is 87.5 Å². The third-order valence-electron chi connectivity index (χ3n) is 7.45. The van der Waals surface area contributed by atoms with Gasteiger partial charge in [-0.25, -0.2) is 4.79 Å². The number of ether oxygens (including phenoxy) is 1. The number of carbonyl (C=O) groups excluding carboxylic acids is 1. The van der Waals surface area contributed by atoms with Crippen molar-refractivity contribution in [3.8, 4) is 33.7 Å². The van der Waals surface area contributed by atoms with Crippen LogP contribution in [0.15, 0.2) is 101 Å². The van der Waals surface area contributed by atoms with Crippen molar-refractivity contribution in [1.29, 1.82) is 0 Å². The average Bonchev–Trinajstić information content (AvgIpc) is 2.95. The van der Waals surface area contributed by atoms with E-state index in [4.69, 9.17) is 9.15 Å². The molecule has 0 spiro atoms. The van der Waals surface area contributed by atoms with Crippen LogP contribution >= 0.6 is 0 Å². The summed E-state index contributed by atoms with van der Waals surface area (Å²) in [6, 6.07) is 22.9. The molecule has 0 atom stereocenters. The van der Waals surface area contributed by atoms with Gasteiger partial charge >= 0.3 is 6.09 Å². The smallest absolute Gasteiger partial charge is 0.408 e. The lowest BCUT2D eigenvalue weighted by Crippen LogP contribution is -2.52. The summed E-state index contributed by atoms with van der Waals surface area (Å²) in [7, 11) is 0. The number of aromatic nitrogens is 2. The van der Waals surface area contributed by atoms with E-state index in [0.717, 1.165) is 41.5 Å². The highest BCUT2D eigenvalue weighted by Gasteiger charge is 2.41. The van der Waals surface area contributed by atoms with Crippen molar-refractivity contribution in [1.82, 2.24) is 15.3 Å². The van der Waals surface area contributed by atoms with Gasteiger partial charge in [-0.2, -0.15) is 0 Å². The van der Waals surface area contributed by atoms with Crippen LogP contribution in [-0.2, 0) is 10.3 Å². The summed E-state index contributed by atoms with van der Waals surface area (Å²) in [5.74, 6) is 0.472. The van der Waals surface area contributed by atoms with Crippen LogP contribution in [-0.4, -0.2) is 21.7 Å². The number of rotatable bonds is 5. The first-order chi connectivity index (χ1) is 19.7. The van der Waals surface area contributed by atoms with E-state index in [1.54, 1.807) is 24.7 Å². The predicted octanol–water partition coefficient (Wildman–Crippen LogP) is 7.49. The van der Waals surface area contributed by atoms with Crippen LogP contribution in [0.25, 0.3) is 44.7 Å². The third-order valence-corrected chi connectivity index (χ3v) is 7.45. The maximum Gasteiger partial charge on any atom is 0.408 e. The molecular formula is C34H31N3O4. The van der Waals surface area contributed by atoms with E-state index >= 15 is 0 Å². The van der Waals surface area contributed by atoms with Crippen LogP contribution in [0.2, 0.25) is 0 Å². The molecule has 0 aliphatic heterocycles. The van der Waals surface area contributed by atoms with Gasteiger partial charge in [0.05, 0.1) is 16.5 Å². The Morgan fingerprint density at radius 2 is 1.63 bits per heavy atom. The van der Waals surface area contributed by atoms with Crippen molar-refractivity contribution < 1.29 is 13.9 Å². The van der Waals surface area contributed by atoms with E-state index in [2.05, 4.69) is 15.3 Å². The van der Waals surface area contributed by atoms with E-state index in [0.29, 0.717) is 28.0 Å². The number of alkyl carbamates (subject to hydrolysis) is 1. The first-order valence-electron chi connectivity index (χ1n) is 13.8. The molecule has 1 fully saturated rings. The molecule has 1 N–H and O–H groups in total. The fraction of sp³-hybridized carbons (Fsp3) is 0.235. The number of fused-ring (bicyclic) bond motifs is 1. The molecule has 7 nitrogen and oxygen atoms in total. The number of carbonyl (C=O) groups is 1. The maximum absolute atomic E-state index is 14.2. The fourth-order valence-corrected chi connectivity index (χ4v) is 5.36. The van der Waals surface area contributed by atoms with Gasteiger partial charge in [-0.05, 0) is 69.4 Å². The highest BCUT2D eigenvalue weighted by molar-refractivity contribution is 5.95. The monoisotopic (exact) mass is 545 g/mol. The minimum Gasteiger partial charge on any atom is -0.453 e. The first kappa shape index (κ1) is 26.4. The molecule has 7 heteroatoms. The number of hydrogen-bond donors (Lipinski definition) is 1. The summed E-state index contributed by atoms with van der Waals surface area (Å²) in [6.45, 7) is 5.55. The molecule has 2 aromatic carbocycles. The van der Waals surface area contributed by atoms with Crippen molar-refractivity contribution in [2.45, 2.75) is 51.2 Å². The van der Waals surface area contributed by atoms with E-state index in [9.17, 15) is 9.59 Å². The second-order valence-corrected chi connectivity index (χ2v) is 11.4. The van der Waals surface area contributed by atoms with Crippen LogP contribution < -0.4 is 10.7 Å². The van der Waals surface area contributed by atoms with Crippen molar-refractivity contribution in [3.63, 3.8) is 0 Å². The molecule has 1 aliphatic carbocycles. The zero-order chi connectivity index (χ0) is 28.6. The molecule has 0 unspecified atom stereocenters. The number of pyridine rings is 2. The van der Waals surface area contributed by atoms with Gasteiger partial charge in [-0.15, -0.1) is 0 Å². The van der Waals surface area contributed by atoms with E-state index in [-0.39, 0.29) is 5.43 Å². The number of nitrogens with one attached hydrogen (secondary N) is 1. The molecule has 0 saturated heterocycles. The van der Waals surface area contributed by atoms with Crippen LogP contribution in [0.1, 0.15) is 45.6 Å². The zero-order valence-electron chi connectivity index (χ0n) is 23.3. The molecule has 1 amide bonds. The fourth-order valence-electron chi connectivity index (χ4n) is 5.36. The predicted molar refractivity (Wildman–Crippen MR) is 159 cm³/mol. The van der Waals surface area contributed by atoms with Gasteiger partial charge in [0.1, 0.15) is 17.1 Å². The van der Waals surface area contributed by atoms with Gasteiger partial charge in [-0.1, -0.05) is 54.6 Å². The maximum atomic E-state index is 14.2. The number of hydrogen-bond acceptors (Lipinski definition) is 6. The van der Waals surface area contributed by atoms with Gasteiger partial charge in [0, 0.05) is 29.7 Å². The normalized spacial score (nSPS) is 14.3. The van der Waals surface area contributed by atoms with E-state index in [1.165, 1.54) is 0 Å². The molecule has 5 aromatic rings. The van der Waals surface area contributed by atoms with Crippen LogP contribution in [0.4, 0.5) is 4.79 Å². The number of nitrogens with zero attached hydrogens (tertiary/aromatic N) is 2. The topological polar surface area (TPSA) is 94.3 Å². The second-order valence-electron chi connectivity index (χ2n) is 11.4. The second kappa shape index (κ2) is 10.3. The molecule has 3 aromatic heterocycles.